The normalized spacial score (nSPS) is 14.3. The molecule has 0 heterocycles. The Kier molecular flexibility index (Phi) is 6.26. The summed E-state index contributed by atoms with van der Waals surface area (Å²) in [5.74, 6) is -2.63. The molecule has 8 nitrogen and oxygen atoms in total. The van der Waals surface area contributed by atoms with E-state index in [0.717, 1.165) is 0 Å². The first-order valence-electron chi connectivity index (χ1n) is 5.65. The van der Waals surface area contributed by atoms with Crippen LogP contribution < -0.4 is 5.32 Å². The summed E-state index contributed by atoms with van der Waals surface area (Å²) >= 11 is 0. The number of carbonyl (C=O) groups is 3. The second-order valence-electron chi connectivity index (χ2n) is 4.96. The lowest BCUT2D eigenvalue weighted by Gasteiger charge is -2.24. The summed E-state index contributed by atoms with van der Waals surface area (Å²) in [4.78, 5) is 32.6. The van der Waals surface area contributed by atoms with Crippen molar-refractivity contribution in [3.63, 3.8) is 0 Å². The highest BCUT2D eigenvalue weighted by atomic mass is 16.6. The molecule has 0 aromatic carbocycles. The van der Waals surface area contributed by atoms with E-state index in [4.69, 9.17) is 14.9 Å². The number of nitrogens with one attached hydrogen (secondary N) is 1. The van der Waals surface area contributed by atoms with Crippen molar-refractivity contribution >= 4 is 18.0 Å². The predicted octanol–water partition coefficient (Wildman–Crippen LogP) is 0.190. The number of rotatable bonds is 6. The SMILES string of the molecule is CC(C)(C)OC(=O)N[C@H](C(=O)O)[C@H](O)CCC(=O)O. The van der Waals surface area contributed by atoms with Gasteiger partial charge in [0.15, 0.2) is 6.04 Å². The molecule has 0 spiro atoms. The van der Waals surface area contributed by atoms with Crippen LogP contribution in [0, 0.1) is 0 Å². The van der Waals surface area contributed by atoms with Crippen LogP contribution in [0.15, 0.2) is 0 Å². The van der Waals surface area contributed by atoms with Gasteiger partial charge in [0.1, 0.15) is 5.60 Å². The zero-order valence-corrected chi connectivity index (χ0v) is 11.0. The molecule has 0 saturated heterocycles. The summed E-state index contributed by atoms with van der Waals surface area (Å²) in [7, 11) is 0. The summed E-state index contributed by atoms with van der Waals surface area (Å²) < 4.78 is 4.85. The lowest BCUT2D eigenvalue weighted by atomic mass is 10.1. The van der Waals surface area contributed by atoms with E-state index in [1.165, 1.54) is 0 Å². The van der Waals surface area contributed by atoms with E-state index in [1.54, 1.807) is 20.8 Å². The molecule has 0 aliphatic rings. The number of ether oxygens (including phenoxy) is 1. The Balaban J connectivity index is 4.53. The minimum absolute atomic E-state index is 0.290. The van der Waals surface area contributed by atoms with Crippen LogP contribution in [0.25, 0.3) is 0 Å². The first-order valence-corrected chi connectivity index (χ1v) is 5.65. The number of aliphatic carboxylic acids is 2. The zero-order chi connectivity index (χ0) is 15.2. The second-order valence-corrected chi connectivity index (χ2v) is 4.96. The maximum atomic E-state index is 11.4. The van der Waals surface area contributed by atoms with Gasteiger partial charge in [-0.05, 0) is 27.2 Å². The van der Waals surface area contributed by atoms with Gasteiger partial charge in [0.05, 0.1) is 6.10 Å². The number of alkyl carbamates (subject to hydrolysis) is 1. The summed E-state index contributed by atoms with van der Waals surface area (Å²) in [6, 6.07) is -1.62. The average Bonchev–Trinajstić information content (AvgIpc) is 2.19. The Morgan fingerprint density at radius 3 is 2.11 bits per heavy atom. The molecule has 8 heteroatoms. The largest absolute Gasteiger partial charge is 0.481 e. The third kappa shape index (κ3) is 7.98. The van der Waals surface area contributed by atoms with Gasteiger partial charge in [0.2, 0.25) is 0 Å². The molecule has 1 amide bonds. The fourth-order valence-electron chi connectivity index (χ4n) is 1.20. The maximum Gasteiger partial charge on any atom is 0.408 e. The number of carbonyl (C=O) groups excluding carboxylic acids is 1. The molecule has 19 heavy (non-hydrogen) atoms. The quantitative estimate of drug-likeness (QED) is 0.544. The van der Waals surface area contributed by atoms with Crippen LogP contribution in [-0.2, 0) is 14.3 Å². The van der Waals surface area contributed by atoms with E-state index < -0.39 is 42.2 Å². The first-order chi connectivity index (χ1) is 8.53. The minimum Gasteiger partial charge on any atom is -0.481 e. The van der Waals surface area contributed by atoms with Gasteiger partial charge in [-0.3, -0.25) is 4.79 Å². The van der Waals surface area contributed by atoms with Crippen molar-refractivity contribution in [1.82, 2.24) is 5.32 Å². The molecule has 0 unspecified atom stereocenters. The molecule has 4 N–H and O–H groups in total. The molecular formula is C11H19NO7. The van der Waals surface area contributed by atoms with E-state index in [2.05, 4.69) is 0 Å². The van der Waals surface area contributed by atoms with Gasteiger partial charge < -0.3 is 25.4 Å². The van der Waals surface area contributed by atoms with E-state index in [-0.39, 0.29) is 6.42 Å². The van der Waals surface area contributed by atoms with E-state index in [1.807, 2.05) is 5.32 Å². The second kappa shape index (κ2) is 6.93. The van der Waals surface area contributed by atoms with Crippen molar-refractivity contribution < 1.29 is 34.4 Å². The average molecular weight is 277 g/mol. The molecule has 0 aliphatic heterocycles. The van der Waals surface area contributed by atoms with E-state index in [0.29, 0.717) is 0 Å². The van der Waals surface area contributed by atoms with Crippen LogP contribution in [0.4, 0.5) is 4.79 Å². The topological polar surface area (TPSA) is 133 Å². The van der Waals surface area contributed by atoms with Crippen LogP contribution in [-0.4, -0.2) is 51.1 Å². The summed E-state index contributed by atoms with van der Waals surface area (Å²) in [5.41, 5.74) is -0.806. The van der Waals surface area contributed by atoms with Gasteiger partial charge in [0.25, 0.3) is 0 Å². The highest BCUT2D eigenvalue weighted by molar-refractivity contribution is 5.80. The summed E-state index contributed by atoms with van der Waals surface area (Å²) in [6.45, 7) is 4.80. The number of carboxylic acid groups (broad SMARTS) is 2. The lowest BCUT2D eigenvalue weighted by Crippen LogP contribution is -2.50. The molecule has 0 radical (unpaired) electrons. The van der Waals surface area contributed by atoms with Crippen molar-refractivity contribution in [2.75, 3.05) is 0 Å². The number of aliphatic hydroxyl groups is 1. The van der Waals surface area contributed by atoms with Crippen molar-refractivity contribution in [2.45, 2.75) is 51.4 Å². The molecule has 110 valence electrons. The Morgan fingerprint density at radius 1 is 1.21 bits per heavy atom. The Morgan fingerprint density at radius 2 is 1.74 bits per heavy atom. The fraction of sp³-hybridized carbons (Fsp3) is 0.727. The monoisotopic (exact) mass is 277 g/mol. The zero-order valence-electron chi connectivity index (χ0n) is 11.0. The standard InChI is InChI=1S/C11H19NO7/c1-11(2,3)19-10(18)12-8(9(16)17)6(13)4-5-7(14)15/h6,8,13H,4-5H2,1-3H3,(H,12,18)(H,14,15)(H,16,17)/t6-,8+/m1/s1. The van der Waals surface area contributed by atoms with Crippen LogP contribution in [0.3, 0.4) is 0 Å². The maximum absolute atomic E-state index is 11.4. The molecule has 0 rings (SSSR count). The smallest absolute Gasteiger partial charge is 0.408 e. The van der Waals surface area contributed by atoms with Gasteiger partial charge in [-0.25, -0.2) is 9.59 Å². The van der Waals surface area contributed by atoms with Crippen molar-refractivity contribution in [2.24, 2.45) is 0 Å². The summed E-state index contributed by atoms with van der Waals surface area (Å²) in [5, 5.41) is 28.9. The number of amides is 1. The Labute approximate surface area is 110 Å². The molecular weight excluding hydrogens is 258 g/mol. The Hall–Kier alpha value is -1.83. The van der Waals surface area contributed by atoms with Crippen LogP contribution >= 0.6 is 0 Å². The molecule has 0 aliphatic carbocycles. The minimum atomic E-state index is -1.62. The van der Waals surface area contributed by atoms with Gasteiger partial charge in [-0.15, -0.1) is 0 Å². The van der Waals surface area contributed by atoms with E-state index in [9.17, 15) is 19.5 Å². The Bertz CT molecular complexity index is 347. The number of hydrogen-bond donors (Lipinski definition) is 4. The summed E-state index contributed by atoms with van der Waals surface area (Å²) in [6.07, 6.45) is -3.20. The van der Waals surface area contributed by atoms with Crippen LogP contribution in [0.2, 0.25) is 0 Å². The number of aliphatic hydroxyl groups excluding tert-OH is 1. The molecule has 0 saturated carbocycles. The number of hydrogen-bond acceptors (Lipinski definition) is 5. The molecule has 0 bridgehead atoms. The van der Waals surface area contributed by atoms with Crippen molar-refractivity contribution in [3.05, 3.63) is 0 Å². The van der Waals surface area contributed by atoms with Crippen molar-refractivity contribution in [1.29, 1.82) is 0 Å². The van der Waals surface area contributed by atoms with Crippen LogP contribution in [0.1, 0.15) is 33.6 Å². The third-order valence-electron chi connectivity index (χ3n) is 1.98. The van der Waals surface area contributed by atoms with E-state index >= 15 is 0 Å². The number of carboxylic acids is 2. The van der Waals surface area contributed by atoms with Gasteiger partial charge in [0, 0.05) is 6.42 Å². The molecule has 0 fully saturated rings. The highest BCUT2D eigenvalue weighted by Gasteiger charge is 2.30. The van der Waals surface area contributed by atoms with Gasteiger partial charge in [-0.2, -0.15) is 0 Å². The predicted molar refractivity (Wildman–Crippen MR) is 63.7 cm³/mol. The third-order valence-corrected chi connectivity index (χ3v) is 1.98. The lowest BCUT2D eigenvalue weighted by molar-refractivity contribution is -0.144. The molecule has 0 aromatic rings. The molecule has 2 atom stereocenters. The molecule has 0 aromatic heterocycles. The fourth-order valence-corrected chi connectivity index (χ4v) is 1.20. The highest BCUT2D eigenvalue weighted by Crippen LogP contribution is 2.09. The van der Waals surface area contributed by atoms with Crippen molar-refractivity contribution in [3.8, 4) is 0 Å². The van der Waals surface area contributed by atoms with Crippen LogP contribution in [0.5, 0.6) is 0 Å². The first kappa shape index (κ1) is 17.2. The van der Waals surface area contributed by atoms with Gasteiger partial charge in [-0.1, -0.05) is 0 Å². The van der Waals surface area contributed by atoms with Gasteiger partial charge >= 0.3 is 18.0 Å².